The van der Waals surface area contributed by atoms with Gasteiger partial charge in [-0.2, -0.15) is 5.10 Å². The summed E-state index contributed by atoms with van der Waals surface area (Å²) in [5, 5.41) is 6.47. The van der Waals surface area contributed by atoms with Crippen LogP contribution in [-0.2, 0) is 11.3 Å². The van der Waals surface area contributed by atoms with Crippen molar-refractivity contribution in [2.45, 2.75) is 13.0 Å². The van der Waals surface area contributed by atoms with Crippen molar-refractivity contribution < 1.29 is 9.18 Å². The number of carbonyl (C=O) groups is 1. The van der Waals surface area contributed by atoms with Crippen LogP contribution in [0.25, 0.3) is 0 Å². The average Bonchev–Trinajstić information content (AvgIpc) is 2.84. The molecule has 0 bridgehead atoms. The van der Waals surface area contributed by atoms with E-state index >= 15 is 0 Å². The summed E-state index contributed by atoms with van der Waals surface area (Å²) in [7, 11) is 0. The van der Waals surface area contributed by atoms with Crippen LogP contribution in [0.15, 0.2) is 30.9 Å². The maximum Gasteiger partial charge on any atom is 0.226 e. The molecule has 0 atom stereocenters. The zero-order valence-corrected chi connectivity index (χ0v) is 10.1. The fourth-order valence-electron chi connectivity index (χ4n) is 1.36. The van der Waals surface area contributed by atoms with Gasteiger partial charge in [-0.25, -0.2) is 9.37 Å². The molecular formula is C11H10ClFN4O. The Morgan fingerprint density at radius 2 is 2.33 bits per heavy atom. The number of nitrogens with one attached hydrogen (secondary N) is 1. The van der Waals surface area contributed by atoms with E-state index in [1.54, 1.807) is 4.68 Å². The molecule has 0 aliphatic rings. The van der Waals surface area contributed by atoms with Gasteiger partial charge in [-0.05, 0) is 18.2 Å². The molecule has 0 unspecified atom stereocenters. The number of hydrogen-bond donors (Lipinski definition) is 1. The first kappa shape index (κ1) is 12.5. The Morgan fingerprint density at radius 1 is 1.50 bits per heavy atom. The van der Waals surface area contributed by atoms with Crippen molar-refractivity contribution in [2.75, 3.05) is 5.32 Å². The number of benzene rings is 1. The van der Waals surface area contributed by atoms with Gasteiger partial charge in [0, 0.05) is 12.1 Å². The van der Waals surface area contributed by atoms with Crippen molar-refractivity contribution in [1.29, 1.82) is 0 Å². The molecule has 2 aromatic rings. The third-order valence-electron chi connectivity index (χ3n) is 2.24. The van der Waals surface area contributed by atoms with E-state index < -0.39 is 5.82 Å². The second-order valence-corrected chi connectivity index (χ2v) is 3.99. The van der Waals surface area contributed by atoms with Gasteiger partial charge < -0.3 is 5.32 Å². The summed E-state index contributed by atoms with van der Waals surface area (Å²) in [5.74, 6) is -0.717. The Morgan fingerprint density at radius 3 is 3.00 bits per heavy atom. The number of amides is 1. The van der Waals surface area contributed by atoms with Crippen LogP contribution in [0, 0.1) is 5.82 Å². The van der Waals surface area contributed by atoms with Crippen LogP contribution in [0.1, 0.15) is 6.42 Å². The van der Waals surface area contributed by atoms with E-state index in [0.29, 0.717) is 12.2 Å². The molecule has 1 N–H and O–H groups in total. The molecule has 0 saturated carbocycles. The van der Waals surface area contributed by atoms with E-state index in [0.717, 1.165) is 0 Å². The average molecular weight is 269 g/mol. The van der Waals surface area contributed by atoms with Gasteiger partial charge in [0.15, 0.2) is 0 Å². The molecule has 1 aromatic heterocycles. The Balaban J connectivity index is 1.88. The van der Waals surface area contributed by atoms with Crippen LogP contribution in [0.4, 0.5) is 10.1 Å². The van der Waals surface area contributed by atoms with Gasteiger partial charge in [0.1, 0.15) is 18.5 Å². The Kier molecular flexibility index (Phi) is 3.88. The molecule has 2 rings (SSSR count). The summed E-state index contributed by atoms with van der Waals surface area (Å²) in [6, 6.07) is 4.02. The van der Waals surface area contributed by atoms with Gasteiger partial charge in [-0.1, -0.05) is 11.6 Å². The monoisotopic (exact) mass is 268 g/mol. The zero-order valence-electron chi connectivity index (χ0n) is 9.31. The lowest BCUT2D eigenvalue weighted by Crippen LogP contribution is -2.14. The molecule has 0 spiro atoms. The van der Waals surface area contributed by atoms with E-state index in [9.17, 15) is 9.18 Å². The molecule has 5 nitrogen and oxygen atoms in total. The zero-order chi connectivity index (χ0) is 13.0. The lowest BCUT2D eigenvalue weighted by molar-refractivity contribution is -0.116. The third kappa shape index (κ3) is 3.27. The highest BCUT2D eigenvalue weighted by Crippen LogP contribution is 2.19. The summed E-state index contributed by atoms with van der Waals surface area (Å²) < 4.78 is 14.5. The molecule has 18 heavy (non-hydrogen) atoms. The summed E-state index contributed by atoms with van der Waals surface area (Å²) >= 11 is 5.61. The highest BCUT2D eigenvalue weighted by molar-refractivity contribution is 6.31. The van der Waals surface area contributed by atoms with Gasteiger partial charge in [0.25, 0.3) is 0 Å². The number of anilines is 1. The van der Waals surface area contributed by atoms with Crippen LogP contribution >= 0.6 is 11.6 Å². The molecule has 1 aromatic carbocycles. The normalized spacial score (nSPS) is 10.3. The second kappa shape index (κ2) is 5.59. The van der Waals surface area contributed by atoms with Crippen molar-refractivity contribution in [3.05, 3.63) is 41.7 Å². The van der Waals surface area contributed by atoms with Gasteiger partial charge >= 0.3 is 0 Å². The van der Waals surface area contributed by atoms with Crippen LogP contribution < -0.4 is 5.32 Å². The highest BCUT2D eigenvalue weighted by Gasteiger charge is 2.05. The summed E-state index contributed by atoms with van der Waals surface area (Å²) in [5.41, 5.74) is 0.463. The maximum absolute atomic E-state index is 12.9. The molecule has 0 aliphatic carbocycles. The minimum Gasteiger partial charge on any atom is -0.326 e. The first-order valence-electron chi connectivity index (χ1n) is 5.22. The number of aryl methyl sites for hydroxylation is 1. The topological polar surface area (TPSA) is 59.8 Å². The van der Waals surface area contributed by atoms with Gasteiger partial charge in [-0.3, -0.25) is 9.48 Å². The van der Waals surface area contributed by atoms with E-state index in [2.05, 4.69) is 15.4 Å². The van der Waals surface area contributed by atoms with Gasteiger partial charge in [0.05, 0.1) is 11.6 Å². The van der Waals surface area contributed by atoms with Gasteiger partial charge in [-0.15, -0.1) is 0 Å². The van der Waals surface area contributed by atoms with E-state index in [4.69, 9.17) is 11.6 Å². The molecule has 0 saturated heterocycles. The fourth-order valence-corrected chi connectivity index (χ4v) is 1.54. The van der Waals surface area contributed by atoms with Crippen molar-refractivity contribution in [2.24, 2.45) is 0 Å². The largest absolute Gasteiger partial charge is 0.326 e. The van der Waals surface area contributed by atoms with Gasteiger partial charge in [0.2, 0.25) is 5.91 Å². The molecule has 0 aliphatic heterocycles. The van der Waals surface area contributed by atoms with Crippen molar-refractivity contribution in [3.8, 4) is 0 Å². The second-order valence-electron chi connectivity index (χ2n) is 3.59. The van der Waals surface area contributed by atoms with Crippen molar-refractivity contribution >= 4 is 23.2 Å². The number of rotatable bonds is 4. The first-order chi connectivity index (χ1) is 8.65. The minimum absolute atomic E-state index is 0.0240. The lowest BCUT2D eigenvalue weighted by Gasteiger charge is -2.05. The molecule has 1 heterocycles. The molecule has 1 amide bonds. The quantitative estimate of drug-likeness (QED) is 0.924. The minimum atomic E-state index is -0.516. The predicted octanol–water partition coefficient (Wildman–Crippen LogP) is 2.10. The Bertz CT molecular complexity index is 544. The third-order valence-corrected chi connectivity index (χ3v) is 2.53. The molecular weight excluding hydrogens is 259 g/mol. The summed E-state index contributed by atoms with van der Waals surface area (Å²) in [6.07, 6.45) is 3.18. The van der Waals surface area contributed by atoms with Crippen LogP contribution in [0.2, 0.25) is 5.02 Å². The summed E-state index contributed by atoms with van der Waals surface area (Å²) in [6.45, 7) is 0.431. The molecule has 0 fully saturated rings. The van der Waals surface area contributed by atoms with Crippen molar-refractivity contribution in [3.63, 3.8) is 0 Å². The highest BCUT2D eigenvalue weighted by atomic mass is 35.5. The Labute approximate surface area is 108 Å². The van der Waals surface area contributed by atoms with Crippen LogP contribution in [0.3, 0.4) is 0 Å². The number of carbonyl (C=O) groups excluding carboxylic acids is 1. The molecule has 0 radical (unpaired) electrons. The number of halogens is 2. The van der Waals surface area contributed by atoms with E-state index in [-0.39, 0.29) is 17.4 Å². The van der Waals surface area contributed by atoms with E-state index in [1.165, 1.54) is 30.9 Å². The number of nitrogens with zero attached hydrogens (tertiary/aromatic N) is 3. The first-order valence-corrected chi connectivity index (χ1v) is 5.60. The lowest BCUT2D eigenvalue weighted by atomic mass is 10.3. The smallest absolute Gasteiger partial charge is 0.226 e. The SMILES string of the molecule is O=C(CCn1cncn1)Nc1ccc(F)c(Cl)c1. The molecule has 7 heteroatoms. The standard InChI is InChI=1S/C11H10ClFN4O/c12-9-5-8(1-2-10(9)13)16-11(18)3-4-17-7-14-6-15-17/h1-2,5-7H,3-4H2,(H,16,18). The fraction of sp³-hybridized carbons (Fsp3) is 0.182. The number of hydrogen-bond acceptors (Lipinski definition) is 3. The van der Waals surface area contributed by atoms with Crippen molar-refractivity contribution in [1.82, 2.24) is 14.8 Å². The maximum atomic E-state index is 12.9. The predicted molar refractivity (Wildman–Crippen MR) is 64.7 cm³/mol. The Hall–Kier alpha value is -1.95. The number of aromatic nitrogens is 3. The van der Waals surface area contributed by atoms with E-state index in [1.807, 2.05) is 0 Å². The molecule has 94 valence electrons. The van der Waals surface area contributed by atoms with Crippen LogP contribution in [0.5, 0.6) is 0 Å². The van der Waals surface area contributed by atoms with Crippen LogP contribution in [-0.4, -0.2) is 20.7 Å². The summed E-state index contributed by atoms with van der Waals surface area (Å²) in [4.78, 5) is 15.4.